The molecule has 1 heterocycles. The minimum atomic E-state index is -0.992. The molecule has 1 aliphatic rings. The highest BCUT2D eigenvalue weighted by molar-refractivity contribution is 5.85. The number of carboxylic acids is 1. The van der Waals surface area contributed by atoms with Crippen LogP contribution in [0.25, 0.3) is 6.08 Å². The molecule has 0 bridgehead atoms. The SMILES string of the molecule is CC(C)=CCc1cc(C=CC(=O)O)cc2c1OC(C(C)C)C2O. The van der Waals surface area contributed by atoms with Crippen LogP contribution < -0.4 is 4.74 Å². The summed E-state index contributed by atoms with van der Waals surface area (Å²) in [6.07, 6.45) is 4.48. The standard InChI is InChI=1S/C19H24O4/c1-11(2)5-7-14-9-13(6-8-16(20)21)10-15-17(22)18(12(3)4)23-19(14)15/h5-6,8-10,12,17-18,22H,7H2,1-4H3,(H,20,21). The van der Waals surface area contributed by atoms with E-state index in [1.165, 1.54) is 5.57 Å². The molecule has 0 saturated carbocycles. The van der Waals surface area contributed by atoms with Crippen molar-refractivity contribution in [1.29, 1.82) is 0 Å². The Labute approximate surface area is 137 Å². The zero-order chi connectivity index (χ0) is 17.1. The molecule has 0 aliphatic carbocycles. The van der Waals surface area contributed by atoms with Gasteiger partial charge in [-0.2, -0.15) is 0 Å². The van der Waals surface area contributed by atoms with Gasteiger partial charge in [0.2, 0.25) is 0 Å². The summed E-state index contributed by atoms with van der Waals surface area (Å²) in [7, 11) is 0. The number of ether oxygens (including phenoxy) is 1. The summed E-state index contributed by atoms with van der Waals surface area (Å²) in [4.78, 5) is 10.7. The molecule has 2 unspecified atom stereocenters. The van der Waals surface area contributed by atoms with Crippen molar-refractivity contribution in [3.8, 4) is 5.75 Å². The Bertz CT molecular complexity index is 652. The van der Waals surface area contributed by atoms with Crippen LogP contribution in [0.2, 0.25) is 0 Å². The highest BCUT2D eigenvalue weighted by Crippen LogP contribution is 2.43. The molecule has 0 amide bonds. The van der Waals surface area contributed by atoms with Gasteiger partial charge in [-0.15, -0.1) is 0 Å². The van der Waals surface area contributed by atoms with Gasteiger partial charge in [0.25, 0.3) is 0 Å². The number of aliphatic hydroxyl groups excluding tert-OH is 1. The van der Waals surface area contributed by atoms with Crippen molar-refractivity contribution in [3.05, 3.63) is 46.5 Å². The molecule has 0 fully saturated rings. The number of aliphatic carboxylic acids is 1. The molecular weight excluding hydrogens is 292 g/mol. The zero-order valence-corrected chi connectivity index (χ0v) is 14.0. The Morgan fingerprint density at radius 3 is 2.61 bits per heavy atom. The second-order valence-electron chi connectivity index (χ2n) is 6.53. The number of hydrogen-bond donors (Lipinski definition) is 2. The molecule has 2 rings (SSSR count). The number of aliphatic hydroxyl groups is 1. The maximum Gasteiger partial charge on any atom is 0.328 e. The molecule has 1 aromatic rings. The zero-order valence-electron chi connectivity index (χ0n) is 14.0. The molecule has 4 nitrogen and oxygen atoms in total. The molecule has 2 N–H and O–H groups in total. The molecular formula is C19H24O4. The van der Waals surface area contributed by atoms with Crippen molar-refractivity contribution in [1.82, 2.24) is 0 Å². The van der Waals surface area contributed by atoms with E-state index in [4.69, 9.17) is 9.84 Å². The van der Waals surface area contributed by atoms with Crippen molar-refractivity contribution < 1.29 is 19.7 Å². The first-order valence-corrected chi connectivity index (χ1v) is 7.85. The second-order valence-corrected chi connectivity index (χ2v) is 6.53. The molecule has 0 saturated heterocycles. The molecule has 23 heavy (non-hydrogen) atoms. The van der Waals surface area contributed by atoms with Gasteiger partial charge in [-0.1, -0.05) is 25.5 Å². The van der Waals surface area contributed by atoms with E-state index < -0.39 is 12.1 Å². The number of rotatable bonds is 5. The van der Waals surface area contributed by atoms with Crippen LogP contribution in [0, 0.1) is 5.92 Å². The number of fused-ring (bicyclic) bond motifs is 1. The summed E-state index contributed by atoms with van der Waals surface area (Å²) in [5.41, 5.74) is 3.67. The summed E-state index contributed by atoms with van der Waals surface area (Å²) in [6.45, 7) is 8.09. The summed E-state index contributed by atoms with van der Waals surface area (Å²) < 4.78 is 6.00. The third-order valence-corrected chi connectivity index (χ3v) is 3.91. The van der Waals surface area contributed by atoms with Gasteiger partial charge in [0.05, 0.1) is 0 Å². The first-order chi connectivity index (χ1) is 10.8. The number of carbonyl (C=O) groups is 1. The third kappa shape index (κ3) is 4.02. The second kappa shape index (κ2) is 7.01. The van der Waals surface area contributed by atoms with Crippen molar-refractivity contribution in [3.63, 3.8) is 0 Å². The van der Waals surface area contributed by atoms with Gasteiger partial charge in [0.15, 0.2) is 0 Å². The van der Waals surface area contributed by atoms with E-state index in [9.17, 15) is 9.90 Å². The fourth-order valence-electron chi connectivity index (χ4n) is 2.71. The van der Waals surface area contributed by atoms with E-state index in [0.29, 0.717) is 6.42 Å². The van der Waals surface area contributed by atoms with Crippen molar-refractivity contribution in [2.75, 3.05) is 0 Å². The largest absolute Gasteiger partial charge is 0.486 e. The molecule has 124 valence electrons. The maximum absolute atomic E-state index is 10.7. The van der Waals surface area contributed by atoms with E-state index in [0.717, 1.165) is 28.5 Å². The van der Waals surface area contributed by atoms with Gasteiger partial charge in [0, 0.05) is 11.6 Å². The Hall–Kier alpha value is -2.07. The predicted molar refractivity (Wildman–Crippen MR) is 90.5 cm³/mol. The fourth-order valence-corrected chi connectivity index (χ4v) is 2.71. The van der Waals surface area contributed by atoms with Crippen LogP contribution in [0.15, 0.2) is 29.9 Å². The van der Waals surface area contributed by atoms with Crippen LogP contribution in [0.4, 0.5) is 0 Å². The number of hydrogen-bond acceptors (Lipinski definition) is 3. The van der Waals surface area contributed by atoms with Crippen LogP contribution in [-0.4, -0.2) is 22.3 Å². The Kier molecular flexibility index (Phi) is 5.26. The predicted octanol–water partition coefficient (Wildman–Crippen LogP) is 3.74. The van der Waals surface area contributed by atoms with E-state index in [2.05, 4.69) is 6.08 Å². The topological polar surface area (TPSA) is 66.8 Å². The lowest BCUT2D eigenvalue weighted by atomic mass is 9.95. The van der Waals surface area contributed by atoms with Crippen molar-refractivity contribution in [2.24, 2.45) is 5.92 Å². The lowest BCUT2D eigenvalue weighted by Crippen LogP contribution is -2.24. The Balaban J connectivity index is 2.47. The number of benzene rings is 1. The van der Waals surface area contributed by atoms with E-state index >= 15 is 0 Å². The summed E-state index contributed by atoms with van der Waals surface area (Å²) >= 11 is 0. The van der Waals surface area contributed by atoms with Crippen LogP contribution in [-0.2, 0) is 11.2 Å². The minimum Gasteiger partial charge on any atom is -0.486 e. The van der Waals surface area contributed by atoms with Gasteiger partial charge in [-0.25, -0.2) is 4.79 Å². The average molecular weight is 316 g/mol. The average Bonchev–Trinajstić information content (AvgIpc) is 2.80. The van der Waals surface area contributed by atoms with Gasteiger partial charge in [-0.05, 0) is 55.5 Å². The molecule has 0 aromatic heterocycles. The molecule has 1 aromatic carbocycles. The molecule has 4 heteroatoms. The summed E-state index contributed by atoms with van der Waals surface area (Å²) in [6, 6.07) is 3.74. The quantitative estimate of drug-likeness (QED) is 0.641. The molecule has 0 radical (unpaired) electrons. The molecule has 1 aliphatic heterocycles. The fraction of sp³-hybridized carbons (Fsp3) is 0.421. The van der Waals surface area contributed by atoms with E-state index in [1.807, 2.05) is 39.8 Å². The third-order valence-electron chi connectivity index (χ3n) is 3.91. The highest BCUT2D eigenvalue weighted by Gasteiger charge is 2.36. The van der Waals surface area contributed by atoms with Gasteiger partial charge >= 0.3 is 5.97 Å². The van der Waals surface area contributed by atoms with Gasteiger partial charge in [0.1, 0.15) is 18.0 Å². The molecule has 0 spiro atoms. The monoisotopic (exact) mass is 316 g/mol. The number of allylic oxidation sites excluding steroid dienone is 2. The molecule has 2 atom stereocenters. The minimum absolute atomic E-state index is 0.187. The van der Waals surface area contributed by atoms with Crippen LogP contribution in [0.1, 0.15) is 50.5 Å². The highest BCUT2D eigenvalue weighted by atomic mass is 16.5. The smallest absolute Gasteiger partial charge is 0.328 e. The van der Waals surface area contributed by atoms with Crippen LogP contribution in [0.3, 0.4) is 0 Å². The van der Waals surface area contributed by atoms with Crippen LogP contribution >= 0.6 is 0 Å². The van der Waals surface area contributed by atoms with Gasteiger partial charge in [-0.3, -0.25) is 0 Å². The maximum atomic E-state index is 10.7. The van der Waals surface area contributed by atoms with E-state index in [1.54, 1.807) is 6.08 Å². The summed E-state index contributed by atoms with van der Waals surface area (Å²) in [5, 5.41) is 19.3. The lowest BCUT2D eigenvalue weighted by molar-refractivity contribution is -0.131. The Morgan fingerprint density at radius 1 is 1.35 bits per heavy atom. The summed E-state index contributed by atoms with van der Waals surface area (Å²) in [5.74, 6) is -0.0684. The van der Waals surface area contributed by atoms with Gasteiger partial charge < -0.3 is 14.9 Å². The first kappa shape index (κ1) is 17.3. The van der Waals surface area contributed by atoms with Crippen molar-refractivity contribution >= 4 is 12.0 Å². The van der Waals surface area contributed by atoms with Crippen molar-refractivity contribution in [2.45, 2.75) is 46.3 Å². The van der Waals surface area contributed by atoms with E-state index in [-0.39, 0.29) is 12.0 Å². The Morgan fingerprint density at radius 2 is 2.04 bits per heavy atom. The normalized spacial score (nSPS) is 19.7. The van der Waals surface area contributed by atoms with Crippen LogP contribution in [0.5, 0.6) is 5.75 Å². The first-order valence-electron chi connectivity index (χ1n) is 7.85. The lowest BCUT2D eigenvalue weighted by Gasteiger charge is -2.18. The number of carboxylic acid groups (broad SMARTS) is 1.